The number of phenols is 1. The number of phenolic OH excluding ortho intramolecular Hbond substituents is 1. The zero-order valence-corrected chi connectivity index (χ0v) is 29.4. The Balaban J connectivity index is 1.07. The second-order valence-corrected chi connectivity index (χ2v) is 14.6. The summed E-state index contributed by atoms with van der Waals surface area (Å²) in [6.07, 6.45) is 4.45. The average molecular weight is 725 g/mol. The molecule has 0 spiro atoms. The Labute approximate surface area is 292 Å². The van der Waals surface area contributed by atoms with Gasteiger partial charge in [0.1, 0.15) is 13.6 Å². The van der Waals surface area contributed by atoms with Crippen LogP contribution in [-0.4, -0.2) is 126 Å². The van der Waals surface area contributed by atoms with Crippen molar-refractivity contribution in [3.8, 4) is 5.75 Å². The highest BCUT2D eigenvalue weighted by Crippen LogP contribution is 2.28. The van der Waals surface area contributed by atoms with E-state index in [2.05, 4.69) is 26.1 Å². The van der Waals surface area contributed by atoms with Crippen LogP contribution in [0.4, 0.5) is 15.3 Å². The number of rotatable bonds is 7. The van der Waals surface area contributed by atoms with Gasteiger partial charge in [-0.15, -0.1) is 0 Å². The summed E-state index contributed by atoms with van der Waals surface area (Å²) in [6, 6.07) is 11.8. The first-order valence-electron chi connectivity index (χ1n) is 17.4. The van der Waals surface area contributed by atoms with Crippen molar-refractivity contribution in [3.05, 3.63) is 52.0 Å². The van der Waals surface area contributed by atoms with E-state index in [-0.39, 0.29) is 36.8 Å². The Hall–Kier alpha value is -3.29. The zero-order chi connectivity index (χ0) is 33.8. The summed E-state index contributed by atoms with van der Waals surface area (Å²) >= 11 is 3.41. The molecule has 3 N–H and O–H groups in total. The number of aliphatic hydroxyl groups is 1. The van der Waals surface area contributed by atoms with Gasteiger partial charge < -0.3 is 39.9 Å². The maximum atomic E-state index is 14.0. The molecule has 2 aromatic carbocycles. The molecule has 4 aliphatic heterocycles. The third kappa shape index (κ3) is 7.95. The van der Waals surface area contributed by atoms with E-state index in [0.717, 1.165) is 62.0 Å². The van der Waals surface area contributed by atoms with Crippen LogP contribution in [-0.2, 0) is 22.4 Å². The molecule has 0 saturated carbocycles. The Morgan fingerprint density at radius 2 is 1.60 bits per heavy atom. The molecule has 4 heterocycles. The summed E-state index contributed by atoms with van der Waals surface area (Å²) in [5, 5.41) is 22.8. The van der Waals surface area contributed by atoms with Crippen molar-refractivity contribution in [2.75, 3.05) is 57.7 Å². The number of aliphatic hydroxyl groups excluding tert-OH is 1. The normalized spacial score (nSPS) is 21.0. The number of piperidine rings is 3. The highest BCUT2D eigenvalue weighted by Gasteiger charge is 2.36. The van der Waals surface area contributed by atoms with Crippen LogP contribution in [0.1, 0.15) is 49.7 Å². The Bertz CT molecular complexity index is 1450. The molecule has 0 unspecified atom stereocenters. The number of nitrogens with zero attached hydrogens (tertiary/aromatic N) is 4. The van der Waals surface area contributed by atoms with Gasteiger partial charge in [-0.25, -0.2) is 9.59 Å². The van der Waals surface area contributed by atoms with Gasteiger partial charge in [-0.2, -0.15) is 0 Å². The monoisotopic (exact) mass is 723 g/mol. The number of amides is 4. The van der Waals surface area contributed by atoms with Crippen LogP contribution in [0.15, 0.2) is 40.9 Å². The van der Waals surface area contributed by atoms with Crippen molar-refractivity contribution < 1.29 is 29.3 Å². The van der Waals surface area contributed by atoms with Gasteiger partial charge in [0.15, 0.2) is 6.10 Å². The summed E-state index contributed by atoms with van der Waals surface area (Å²) in [7, 11) is 1.80. The second kappa shape index (κ2) is 15.5. The highest BCUT2D eigenvalue weighted by molar-refractivity contribution is 9.10. The highest BCUT2D eigenvalue weighted by atomic mass is 79.9. The van der Waals surface area contributed by atoms with Crippen molar-refractivity contribution in [2.24, 2.45) is 5.92 Å². The van der Waals surface area contributed by atoms with Crippen LogP contribution in [0.25, 0.3) is 0 Å². The molecule has 4 aliphatic rings. The van der Waals surface area contributed by atoms with Gasteiger partial charge in [-0.1, -0.05) is 24.3 Å². The van der Waals surface area contributed by atoms with Gasteiger partial charge in [0, 0.05) is 63.5 Å². The van der Waals surface area contributed by atoms with Crippen LogP contribution in [0.5, 0.6) is 5.75 Å². The topological polar surface area (TPSA) is 126 Å². The number of anilines is 1. The van der Waals surface area contributed by atoms with E-state index in [1.807, 2.05) is 40.1 Å². The third-order valence-electron chi connectivity index (χ3n) is 10.8. The average Bonchev–Trinajstić information content (AvgIpc) is 3.28. The molecule has 0 radical (unpaired) electrons. The summed E-state index contributed by atoms with van der Waals surface area (Å²) in [4.78, 5) is 48.6. The number of carbonyl (C=O) groups is 3. The summed E-state index contributed by atoms with van der Waals surface area (Å²) < 4.78 is 6.57. The minimum atomic E-state index is -1.00. The van der Waals surface area contributed by atoms with Crippen LogP contribution in [0, 0.1) is 5.92 Å². The Kier molecular flexibility index (Phi) is 11.2. The van der Waals surface area contributed by atoms with Gasteiger partial charge >= 0.3 is 12.1 Å². The fourth-order valence-electron chi connectivity index (χ4n) is 7.77. The number of urea groups is 1. The number of ether oxygens (including phenoxy) is 1. The molecule has 258 valence electrons. The van der Waals surface area contributed by atoms with Gasteiger partial charge in [0.2, 0.25) is 0 Å². The summed E-state index contributed by atoms with van der Waals surface area (Å²) in [5.74, 6) is 0.339. The van der Waals surface area contributed by atoms with Gasteiger partial charge in [-0.3, -0.25) is 4.79 Å². The number of hydrogen-bond donors (Lipinski definition) is 3. The first kappa shape index (κ1) is 34.6. The molecule has 6 rings (SSSR count). The van der Waals surface area contributed by atoms with Crippen LogP contribution in [0.3, 0.4) is 0 Å². The van der Waals surface area contributed by atoms with Crippen molar-refractivity contribution in [3.63, 3.8) is 0 Å². The first-order valence-corrected chi connectivity index (χ1v) is 18.2. The molecule has 1 atom stereocenters. The van der Waals surface area contributed by atoms with Crippen LogP contribution in [0.2, 0.25) is 0 Å². The van der Waals surface area contributed by atoms with Crippen LogP contribution < -0.4 is 10.8 Å². The standard InChI is InChI=1S/C35H47BBrN5O6/c36-28-19-24(20-29(37)32(28)44)21-31(33(45)40-14-8-26(9-15-40)39-12-5-23(22-43)6-13-39)48-35(47)41-16-10-27(11-17-41)42-18-7-25-3-1-2-4-30(25)38-34(42)46/h1-4,19-20,23,26-27,31,43-44H,5-18,21-22,36H2,(H,38,46)/t31-/m1/s1. The molecular weight excluding hydrogens is 677 g/mol. The number of benzene rings is 2. The number of aromatic hydroxyl groups is 1. The molecule has 2 aromatic rings. The van der Waals surface area contributed by atoms with Gasteiger partial charge in [0.25, 0.3) is 5.91 Å². The molecular formula is C35H47BBrN5O6. The zero-order valence-electron chi connectivity index (χ0n) is 27.8. The van der Waals surface area contributed by atoms with E-state index < -0.39 is 12.2 Å². The fraction of sp³-hybridized carbons (Fsp3) is 0.571. The van der Waals surface area contributed by atoms with Crippen molar-refractivity contribution in [1.29, 1.82) is 0 Å². The van der Waals surface area contributed by atoms with E-state index >= 15 is 0 Å². The number of carbonyl (C=O) groups excluding carboxylic acids is 3. The Morgan fingerprint density at radius 1 is 0.938 bits per heavy atom. The number of nitrogens with one attached hydrogen (secondary N) is 1. The largest absolute Gasteiger partial charge is 0.507 e. The van der Waals surface area contributed by atoms with Gasteiger partial charge in [-0.05, 0) is 109 Å². The number of para-hydroxylation sites is 1. The molecule has 4 amide bonds. The van der Waals surface area contributed by atoms with Gasteiger partial charge in [0.05, 0.1) is 4.47 Å². The summed E-state index contributed by atoms with van der Waals surface area (Å²) in [6.45, 7) is 4.89. The lowest BCUT2D eigenvalue weighted by molar-refractivity contribution is -0.142. The molecule has 3 saturated heterocycles. The fourth-order valence-corrected chi connectivity index (χ4v) is 8.38. The van der Waals surface area contributed by atoms with E-state index in [4.69, 9.17) is 4.74 Å². The number of halogens is 1. The minimum absolute atomic E-state index is 0.00818. The second-order valence-electron chi connectivity index (χ2n) is 13.8. The lowest BCUT2D eigenvalue weighted by atomic mass is 9.91. The minimum Gasteiger partial charge on any atom is -0.507 e. The Morgan fingerprint density at radius 3 is 2.29 bits per heavy atom. The molecule has 3 fully saturated rings. The molecule has 13 heteroatoms. The van der Waals surface area contributed by atoms with Crippen LogP contribution >= 0.6 is 15.9 Å². The maximum absolute atomic E-state index is 14.0. The van der Waals surface area contributed by atoms with E-state index in [0.29, 0.717) is 67.5 Å². The molecule has 0 aliphatic carbocycles. The molecule has 0 aromatic heterocycles. The third-order valence-corrected chi connectivity index (χ3v) is 11.4. The van der Waals surface area contributed by atoms with E-state index in [1.54, 1.807) is 18.8 Å². The lowest BCUT2D eigenvalue weighted by Gasteiger charge is -2.42. The van der Waals surface area contributed by atoms with Crippen molar-refractivity contribution in [1.82, 2.24) is 19.6 Å². The number of likely N-dealkylation sites (tertiary alicyclic amines) is 3. The van der Waals surface area contributed by atoms with Crippen molar-refractivity contribution in [2.45, 2.75) is 69.6 Å². The SMILES string of the molecule is Bc1cc(C[C@@H](OC(=O)N2CCC(N3CCc4ccccc4NC3=O)CC2)C(=O)N2CCC(N3CCC(CO)CC3)CC2)cc(Br)c1O. The number of fused-ring (bicyclic) bond motifs is 1. The predicted octanol–water partition coefficient (Wildman–Crippen LogP) is 2.71. The molecule has 0 bridgehead atoms. The predicted molar refractivity (Wildman–Crippen MR) is 189 cm³/mol. The quantitative estimate of drug-likeness (QED) is 0.376. The summed E-state index contributed by atoms with van der Waals surface area (Å²) in [5.41, 5.74) is 3.43. The molecule has 48 heavy (non-hydrogen) atoms. The lowest BCUT2D eigenvalue weighted by Crippen LogP contribution is -2.53. The van der Waals surface area contributed by atoms with E-state index in [1.165, 1.54) is 0 Å². The molecule has 11 nitrogen and oxygen atoms in total. The smallest absolute Gasteiger partial charge is 0.410 e. The maximum Gasteiger partial charge on any atom is 0.410 e. The number of hydrogen-bond acceptors (Lipinski definition) is 7. The first-order chi connectivity index (χ1) is 23.2. The van der Waals surface area contributed by atoms with Crippen molar-refractivity contribution >= 4 is 53.0 Å². The van der Waals surface area contributed by atoms with E-state index in [9.17, 15) is 24.6 Å².